The number of nitrogens with zero attached hydrogens (tertiary/aromatic N) is 3. The average molecular weight is 450 g/mol. The van der Waals surface area contributed by atoms with Gasteiger partial charge in [0.05, 0.1) is 11.8 Å². The van der Waals surface area contributed by atoms with E-state index in [2.05, 4.69) is 15.3 Å². The van der Waals surface area contributed by atoms with E-state index in [-0.39, 0.29) is 6.04 Å². The standard InChI is InChI=1S/C21H21F3N4O2S/c1-31(29,30)28-6-3-18(4-7-28)27-20-10-15(8-14-2-5-25-13-19(14)20)16-9-17(12-26-11-16)21(22,23)24/h2,5,8-13,18,27H,3-4,6-7H2,1H3. The zero-order valence-electron chi connectivity index (χ0n) is 16.7. The molecule has 0 saturated carbocycles. The molecule has 0 amide bonds. The highest BCUT2D eigenvalue weighted by atomic mass is 32.2. The number of anilines is 1. The van der Waals surface area contributed by atoms with E-state index in [1.807, 2.05) is 6.07 Å². The Labute approximate surface area is 178 Å². The molecule has 3 heterocycles. The third-order valence-electron chi connectivity index (χ3n) is 5.44. The number of nitrogens with one attached hydrogen (secondary N) is 1. The van der Waals surface area contributed by atoms with Gasteiger partial charge in [-0.05, 0) is 48.1 Å². The highest BCUT2D eigenvalue weighted by Gasteiger charge is 2.31. The first-order valence-electron chi connectivity index (χ1n) is 9.73. The Kier molecular flexibility index (Phi) is 5.61. The third-order valence-corrected chi connectivity index (χ3v) is 6.74. The highest BCUT2D eigenvalue weighted by molar-refractivity contribution is 7.88. The number of fused-ring (bicyclic) bond motifs is 1. The fraction of sp³-hybridized carbons (Fsp3) is 0.333. The number of piperidine rings is 1. The summed E-state index contributed by atoms with van der Waals surface area (Å²) in [5.74, 6) is 0. The Morgan fingerprint density at radius 2 is 1.77 bits per heavy atom. The van der Waals surface area contributed by atoms with Gasteiger partial charge in [0.15, 0.2) is 0 Å². The van der Waals surface area contributed by atoms with Crippen LogP contribution in [-0.4, -0.2) is 48.1 Å². The van der Waals surface area contributed by atoms with Crippen LogP contribution in [0.25, 0.3) is 21.9 Å². The van der Waals surface area contributed by atoms with E-state index in [9.17, 15) is 21.6 Å². The predicted molar refractivity (Wildman–Crippen MR) is 113 cm³/mol. The second kappa shape index (κ2) is 8.08. The van der Waals surface area contributed by atoms with Crippen molar-refractivity contribution >= 4 is 26.5 Å². The van der Waals surface area contributed by atoms with Crippen molar-refractivity contribution < 1.29 is 21.6 Å². The van der Waals surface area contributed by atoms with Crippen LogP contribution in [0.3, 0.4) is 0 Å². The van der Waals surface area contributed by atoms with Crippen LogP contribution in [0.15, 0.2) is 49.1 Å². The number of hydrogen-bond donors (Lipinski definition) is 1. The summed E-state index contributed by atoms with van der Waals surface area (Å²) in [5.41, 5.74) is 0.912. The molecule has 0 spiro atoms. The third kappa shape index (κ3) is 4.80. The minimum Gasteiger partial charge on any atom is -0.382 e. The lowest BCUT2D eigenvalue weighted by Gasteiger charge is -2.31. The van der Waals surface area contributed by atoms with Crippen molar-refractivity contribution in [1.82, 2.24) is 14.3 Å². The van der Waals surface area contributed by atoms with Crippen LogP contribution in [-0.2, 0) is 16.2 Å². The topological polar surface area (TPSA) is 75.2 Å². The summed E-state index contributed by atoms with van der Waals surface area (Å²) < 4.78 is 64.3. The Hall–Kier alpha value is -2.72. The number of rotatable bonds is 4. The first-order valence-corrected chi connectivity index (χ1v) is 11.6. The van der Waals surface area contributed by atoms with Crippen molar-refractivity contribution in [3.05, 3.63) is 54.6 Å². The molecule has 1 saturated heterocycles. The molecule has 1 N–H and O–H groups in total. The largest absolute Gasteiger partial charge is 0.417 e. The van der Waals surface area contributed by atoms with Crippen molar-refractivity contribution in [2.45, 2.75) is 25.1 Å². The fourth-order valence-electron chi connectivity index (χ4n) is 3.79. The van der Waals surface area contributed by atoms with Crippen LogP contribution in [0.5, 0.6) is 0 Å². The summed E-state index contributed by atoms with van der Waals surface area (Å²) in [7, 11) is -3.22. The molecule has 10 heteroatoms. The van der Waals surface area contributed by atoms with E-state index in [0.29, 0.717) is 37.1 Å². The number of sulfonamides is 1. The second-order valence-corrected chi connectivity index (χ2v) is 9.64. The Morgan fingerprint density at radius 1 is 1.03 bits per heavy atom. The first-order chi connectivity index (χ1) is 14.6. The van der Waals surface area contributed by atoms with Gasteiger partial charge in [0.1, 0.15) is 0 Å². The summed E-state index contributed by atoms with van der Waals surface area (Å²) in [6, 6.07) is 6.54. The molecule has 0 bridgehead atoms. The van der Waals surface area contributed by atoms with Crippen molar-refractivity contribution in [3.63, 3.8) is 0 Å². The first kappa shape index (κ1) is 21.5. The van der Waals surface area contributed by atoms with Gasteiger partial charge >= 0.3 is 6.18 Å². The van der Waals surface area contributed by atoms with E-state index in [1.165, 1.54) is 16.8 Å². The van der Waals surface area contributed by atoms with E-state index in [4.69, 9.17) is 0 Å². The number of halogens is 3. The summed E-state index contributed by atoms with van der Waals surface area (Å²) in [4.78, 5) is 7.94. The number of alkyl halides is 3. The fourth-order valence-corrected chi connectivity index (χ4v) is 4.66. The maximum atomic E-state index is 13.1. The van der Waals surface area contributed by atoms with Crippen LogP contribution in [0.4, 0.5) is 18.9 Å². The summed E-state index contributed by atoms with van der Waals surface area (Å²) in [5, 5.41) is 5.13. The Morgan fingerprint density at radius 3 is 2.45 bits per heavy atom. The van der Waals surface area contributed by atoms with Gasteiger partial charge in [-0.25, -0.2) is 12.7 Å². The van der Waals surface area contributed by atoms with Gasteiger partial charge in [-0.3, -0.25) is 9.97 Å². The predicted octanol–water partition coefficient (Wildman–Crippen LogP) is 4.15. The van der Waals surface area contributed by atoms with Crippen LogP contribution in [0.1, 0.15) is 18.4 Å². The molecular formula is C21H21F3N4O2S. The Bertz CT molecular complexity index is 1210. The highest BCUT2D eigenvalue weighted by Crippen LogP contribution is 2.35. The molecule has 0 aliphatic carbocycles. The van der Waals surface area contributed by atoms with E-state index in [1.54, 1.807) is 24.5 Å². The van der Waals surface area contributed by atoms with Crippen molar-refractivity contribution in [1.29, 1.82) is 0 Å². The molecule has 164 valence electrons. The quantitative estimate of drug-likeness (QED) is 0.646. The second-order valence-electron chi connectivity index (χ2n) is 7.66. The van der Waals surface area contributed by atoms with Crippen molar-refractivity contribution in [2.24, 2.45) is 0 Å². The summed E-state index contributed by atoms with van der Waals surface area (Å²) >= 11 is 0. The molecule has 3 aromatic rings. The number of benzene rings is 1. The zero-order valence-corrected chi connectivity index (χ0v) is 17.5. The number of pyridine rings is 2. The van der Waals surface area contributed by atoms with Crippen LogP contribution >= 0.6 is 0 Å². The van der Waals surface area contributed by atoms with Gasteiger partial charge in [0.2, 0.25) is 10.0 Å². The summed E-state index contributed by atoms with van der Waals surface area (Å²) in [6.45, 7) is 0.841. The number of hydrogen-bond acceptors (Lipinski definition) is 5. The molecule has 1 aliphatic rings. The molecule has 31 heavy (non-hydrogen) atoms. The minimum atomic E-state index is -4.47. The molecule has 4 rings (SSSR count). The van der Waals surface area contributed by atoms with Crippen molar-refractivity contribution in [3.8, 4) is 11.1 Å². The van der Waals surface area contributed by atoms with E-state index < -0.39 is 21.8 Å². The zero-order chi connectivity index (χ0) is 22.2. The molecular weight excluding hydrogens is 429 g/mol. The van der Waals surface area contributed by atoms with Crippen LogP contribution in [0.2, 0.25) is 0 Å². The van der Waals surface area contributed by atoms with Crippen LogP contribution in [0, 0.1) is 0 Å². The van der Waals surface area contributed by atoms with Crippen molar-refractivity contribution in [2.75, 3.05) is 24.7 Å². The molecule has 6 nitrogen and oxygen atoms in total. The van der Waals surface area contributed by atoms with Gasteiger partial charge in [0.25, 0.3) is 0 Å². The average Bonchev–Trinajstić information content (AvgIpc) is 2.73. The lowest BCUT2D eigenvalue weighted by Crippen LogP contribution is -2.41. The lowest BCUT2D eigenvalue weighted by molar-refractivity contribution is -0.137. The Balaban J connectivity index is 1.67. The van der Waals surface area contributed by atoms with E-state index >= 15 is 0 Å². The van der Waals surface area contributed by atoms with E-state index in [0.717, 1.165) is 28.7 Å². The SMILES string of the molecule is CS(=O)(=O)N1CCC(Nc2cc(-c3cncc(C(F)(F)F)c3)cc3ccncc23)CC1. The molecule has 1 fully saturated rings. The number of aromatic nitrogens is 2. The molecule has 1 aliphatic heterocycles. The molecule has 0 atom stereocenters. The van der Waals surface area contributed by atoms with Gasteiger partial charge in [-0.1, -0.05) is 0 Å². The van der Waals surface area contributed by atoms with Gasteiger partial charge < -0.3 is 5.32 Å². The maximum Gasteiger partial charge on any atom is 0.417 e. The molecule has 0 unspecified atom stereocenters. The monoisotopic (exact) mass is 450 g/mol. The molecule has 2 aromatic heterocycles. The molecule has 1 aromatic carbocycles. The van der Waals surface area contributed by atoms with Gasteiger partial charge in [-0.15, -0.1) is 0 Å². The molecule has 0 radical (unpaired) electrons. The van der Waals surface area contributed by atoms with Gasteiger partial charge in [-0.2, -0.15) is 13.2 Å². The smallest absolute Gasteiger partial charge is 0.382 e. The maximum absolute atomic E-state index is 13.1. The normalized spacial score (nSPS) is 16.5. The lowest BCUT2D eigenvalue weighted by atomic mass is 9.99. The minimum absolute atomic E-state index is 0.0382. The summed E-state index contributed by atoms with van der Waals surface area (Å²) in [6.07, 6.45) is 3.54. The van der Waals surface area contributed by atoms with Gasteiger partial charge in [0, 0.05) is 60.6 Å². The van der Waals surface area contributed by atoms with Crippen LogP contribution < -0.4 is 5.32 Å².